The third-order valence-electron chi connectivity index (χ3n) is 4.59. The number of carbonyl (C=O) groups excluding carboxylic acids is 2. The van der Waals surface area contributed by atoms with Crippen LogP contribution in [-0.4, -0.2) is 52.6 Å². The second-order valence-corrected chi connectivity index (χ2v) is 6.04. The zero-order valence-corrected chi connectivity index (χ0v) is 12.4. The average Bonchev–Trinajstić information content (AvgIpc) is 3.23. The molecule has 6 nitrogen and oxygen atoms in total. The van der Waals surface area contributed by atoms with Gasteiger partial charge in [0, 0.05) is 32.3 Å². The zero-order valence-electron chi connectivity index (χ0n) is 12.4. The van der Waals surface area contributed by atoms with Crippen molar-refractivity contribution >= 4 is 23.1 Å². The summed E-state index contributed by atoms with van der Waals surface area (Å²) in [6, 6.07) is 0. The number of anilines is 1. The maximum Gasteiger partial charge on any atom is 0.253 e. The summed E-state index contributed by atoms with van der Waals surface area (Å²) in [5.74, 6) is -0.223. The molecule has 3 heterocycles. The van der Waals surface area contributed by atoms with Crippen LogP contribution in [-0.2, 0) is 4.79 Å². The van der Waals surface area contributed by atoms with Crippen LogP contribution in [0.3, 0.4) is 0 Å². The molecule has 114 valence electrons. The molecule has 2 saturated heterocycles. The predicted molar refractivity (Wildman–Crippen MR) is 81.6 cm³/mol. The minimum atomic E-state index is -0.543. The highest BCUT2D eigenvalue weighted by Gasteiger charge is 2.32. The lowest BCUT2D eigenvalue weighted by Gasteiger charge is -2.25. The number of rotatable bonds is 2. The van der Waals surface area contributed by atoms with Crippen LogP contribution in [0, 0.1) is 0 Å². The van der Waals surface area contributed by atoms with Gasteiger partial charge in [0.05, 0.1) is 11.9 Å². The molecule has 22 heavy (non-hydrogen) atoms. The second-order valence-electron chi connectivity index (χ2n) is 6.04. The van der Waals surface area contributed by atoms with Gasteiger partial charge in [0.25, 0.3) is 5.78 Å². The first kappa shape index (κ1) is 13.4. The summed E-state index contributed by atoms with van der Waals surface area (Å²) in [5, 5.41) is 0. The normalized spacial score (nSPS) is 21.4. The largest absolute Gasteiger partial charge is 0.370 e. The van der Waals surface area contributed by atoms with Crippen LogP contribution < -0.4 is 4.90 Å². The van der Waals surface area contributed by atoms with E-state index in [9.17, 15) is 9.59 Å². The van der Waals surface area contributed by atoms with Crippen LogP contribution in [0.5, 0.6) is 0 Å². The van der Waals surface area contributed by atoms with Gasteiger partial charge in [-0.3, -0.25) is 9.59 Å². The summed E-state index contributed by atoms with van der Waals surface area (Å²) < 4.78 is 0. The monoisotopic (exact) mass is 298 g/mol. The number of hydrogen-bond acceptors (Lipinski definition) is 6. The molecule has 0 amide bonds. The van der Waals surface area contributed by atoms with Gasteiger partial charge >= 0.3 is 0 Å². The number of Topliss-reactive ketones (excluding diaryl/α,β-unsaturated/α-hetero) is 1. The van der Waals surface area contributed by atoms with Gasteiger partial charge in [0.1, 0.15) is 17.2 Å². The van der Waals surface area contributed by atoms with Gasteiger partial charge in [-0.15, -0.1) is 0 Å². The quantitative estimate of drug-likeness (QED) is 0.766. The van der Waals surface area contributed by atoms with Crippen LogP contribution >= 0.6 is 0 Å². The van der Waals surface area contributed by atoms with E-state index in [1.807, 2.05) is 0 Å². The minimum absolute atomic E-state index is 0.206. The summed E-state index contributed by atoms with van der Waals surface area (Å²) in [7, 11) is 0. The van der Waals surface area contributed by atoms with E-state index < -0.39 is 11.6 Å². The number of allylic oxidation sites excluding steroid dienone is 1. The fourth-order valence-corrected chi connectivity index (χ4v) is 3.40. The number of carbonyl (C=O) groups is 2. The number of aromatic nitrogens is 2. The Balaban J connectivity index is 1.78. The Morgan fingerprint density at radius 1 is 0.864 bits per heavy atom. The molecule has 1 aromatic rings. The lowest BCUT2D eigenvalue weighted by atomic mass is 10.0. The third kappa shape index (κ3) is 2.10. The van der Waals surface area contributed by atoms with E-state index in [4.69, 9.17) is 0 Å². The molecular formula is C16H18N4O2. The van der Waals surface area contributed by atoms with Crippen LogP contribution in [0.1, 0.15) is 41.9 Å². The maximum atomic E-state index is 12.1. The number of fused-ring (bicyclic) bond motifs is 1. The molecule has 6 heteroatoms. The number of likely N-dealkylation sites (tertiary alicyclic amines) is 1. The molecule has 1 aliphatic carbocycles. The van der Waals surface area contributed by atoms with E-state index in [-0.39, 0.29) is 5.69 Å². The molecule has 0 radical (unpaired) electrons. The number of hydrogen-bond donors (Lipinski definition) is 0. The van der Waals surface area contributed by atoms with Crippen molar-refractivity contribution in [2.45, 2.75) is 25.7 Å². The molecule has 0 aromatic carbocycles. The van der Waals surface area contributed by atoms with Crippen LogP contribution in [0.15, 0.2) is 12.3 Å². The molecule has 0 saturated carbocycles. The van der Waals surface area contributed by atoms with Crippen molar-refractivity contribution in [2.75, 3.05) is 31.1 Å². The van der Waals surface area contributed by atoms with Gasteiger partial charge in [0.15, 0.2) is 0 Å². The Bertz CT molecular complexity index is 671. The first-order valence-electron chi connectivity index (χ1n) is 7.92. The fraction of sp³-hybridized carbons (Fsp3) is 0.500. The van der Waals surface area contributed by atoms with E-state index in [2.05, 4.69) is 19.8 Å². The highest BCUT2D eigenvalue weighted by Crippen LogP contribution is 2.30. The topological polar surface area (TPSA) is 66.4 Å². The van der Waals surface area contributed by atoms with Crippen molar-refractivity contribution in [3.8, 4) is 0 Å². The molecule has 0 N–H and O–H groups in total. The lowest BCUT2D eigenvalue weighted by Crippen LogP contribution is -2.30. The predicted octanol–water partition coefficient (Wildman–Crippen LogP) is 1.28. The van der Waals surface area contributed by atoms with Crippen molar-refractivity contribution in [1.29, 1.82) is 0 Å². The molecule has 0 bridgehead atoms. The average molecular weight is 298 g/mol. The van der Waals surface area contributed by atoms with Gasteiger partial charge in [0.2, 0.25) is 5.78 Å². The van der Waals surface area contributed by atoms with E-state index in [0.717, 1.165) is 63.4 Å². The molecule has 4 rings (SSSR count). The molecule has 3 aliphatic rings. The Labute approximate surface area is 128 Å². The van der Waals surface area contributed by atoms with Crippen LogP contribution in [0.2, 0.25) is 0 Å². The zero-order chi connectivity index (χ0) is 15.1. The Hall–Kier alpha value is -2.24. The van der Waals surface area contributed by atoms with Crippen molar-refractivity contribution in [1.82, 2.24) is 14.9 Å². The fourth-order valence-electron chi connectivity index (χ4n) is 3.40. The number of ketones is 2. The molecule has 0 unspecified atom stereocenters. The highest BCUT2D eigenvalue weighted by atomic mass is 16.2. The minimum Gasteiger partial charge on any atom is -0.370 e. The number of nitrogens with zero attached hydrogens (tertiary/aromatic N) is 4. The first-order valence-corrected chi connectivity index (χ1v) is 7.92. The third-order valence-corrected chi connectivity index (χ3v) is 4.59. The second kappa shape index (κ2) is 5.19. The van der Waals surface area contributed by atoms with Gasteiger partial charge in [-0.2, -0.15) is 0 Å². The SMILES string of the molecule is O=C1C=C(N2CCCC2)c2nc(N3CCCC3)cnc2C1=O. The van der Waals surface area contributed by atoms with Gasteiger partial charge < -0.3 is 9.80 Å². The van der Waals surface area contributed by atoms with Gasteiger partial charge in [-0.25, -0.2) is 9.97 Å². The van der Waals surface area contributed by atoms with E-state index >= 15 is 0 Å². The smallest absolute Gasteiger partial charge is 0.253 e. The Kier molecular flexibility index (Phi) is 3.17. The highest BCUT2D eigenvalue weighted by molar-refractivity contribution is 6.49. The van der Waals surface area contributed by atoms with Gasteiger partial charge in [-0.05, 0) is 25.7 Å². The lowest BCUT2D eigenvalue weighted by molar-refractivity contribution is -0.111. The molecule has 1 aromatic heterocycles. The summed E-state index contributed by atoms with van der Waals surface area (Å²) in [6.07, 6.45) is 7.60. The standard InChI is InChI=1S/C16H18N4O2/c21-12-9-11(19-5-1-2-6-19)14-15(16(12)22)17-10-13(18-14)20-7-3-4-8-20/h9-10H,1-8H2. The summed E-state index contributed by atoms with van der Waals surface area (Å²) >= 11 is 0. The molecule has 2 fully saturated rings. The Morgan fingerprint density at radius 2 is 1.50 bits per heavy atom. The summed E-state index contributed by atoms with van der Waals surface area (Å²) in [5.41, 5.74) is 1.55. The van der Waals surface area contributed by atoms with Crippen molar-refractivity contribution < 1.29 is 9.59 Å². The molecule has 0 spiro atoms. The summed E-state index contributed by atoms with van der Waals surface area (Å²) in [6.45, 7) is 3.76. The summed E-state index contributed by atoms with van der Waals surface area (Å²) in [4.78, 5) is 37.3. The Morgan fingerprint density at radius 3 is 2.18 bits per heavy atom. The van der Waals surface area contributed by atoms with Crippen LogP contribution in [0.4, 0.5) is 5.82 Å². The molecule has 0 atom stereocenters. The van der Waals surface area contributed by atoms with Crippen molar-refractivity contribution in [3.63, 3.8) is 0 Å². The van der Waals surface area contributed by atoms with Crippen molar-refractivity contribution in [2.24, 2.45) is 0 Å². The van der Waals surface area contributed by atoms with Crippen LogP contribution in [0.25, 0.3) is 5.70 Å². The van der Waals surface area contributed by atoms with E-state index in [0.29, 0.717) is 5.69 Å². The van der Waals surface area contributed by atoms with Crippen molar-refractivity contribution in [3.05, 3.63) is 23.7 Å². The first-order chi connectivity index (χ1) is 10.7. The van der Waals surface area contributed by atoms with E-state index in [1.165, 1.54) is 6.08 Å². The molecule has 2 aliphatic heterocycles. The molecular weight excluding hydrogens is 280 g/mol. The maximum absolute atomic E-state index is 12.1. The van der Waals surface area contributed by atoms with Gasteiger partial charge in [-0.1, -0.05) is 0 Å². The van der Waals surface area contributed by atoms with E-state index in [1.54, 1.807) is 6.20 Å².